The summed E-state index contributed by atoms with van der Waals surface area (Å²) in [6.07, 6.45) is 6.37. The summed E-state index contributed by atoms with van der Waals surface area (Å²) in [6.45, 7) is 9.55. The Hall–Kier alpha value is -0.650. The van der Waals surface area contributed by atoms with Gasteiger partial charge in [0.05, 0.1) is 4.91 Å². The molecule has 116 valence electrons. The fourth-order valence-corrected chi connectivity index (χ4v) is 3.53. The number of hydrogen-bond acceptors (Lipinski definition) is 3. The third kappa shape index (κ3) is 4.17. The van der Waals surface area contributed by atoms with E-state index in [9.17, 15) is 8.42 Å². The van der Waals surface area contributed by atoms with Crippen molar-refractivity contribution in [1.82, 2.24) is 9.21 Å². The molecule has 20 heavy (non-hydrogen) atoms. The maximum absolute atomic E-state index is 12.6. The average Bonchev–Trinajstić information content (AvgIpc) is 2.34. The summed E-state index contributed by atoms with van der Waals surface area (Å²) in [5, 5.41) is 0. The number of rotatable bonds is 5. The first-order valence-electron chi connectivity index (χ1n) is 7.11. The number of hydrogen-bond donors (Lipinski definition) is 0. The molecule has 4 nitrogen and oxygen atoms in total. The molecular weight excluding hydrogens is 272 g/mol. The van der Waals surface area contributed by atoms with Crippen LogP contribution in [0.2, 0.25) is 0 Å². The van der Waals surface area contributed by atoms with Gasteiger partial charge in [0.2, 0.25) is 10.0 Å². The van der Waals surface area contributed by atoms with Crippen molar-refractivity contribution in [2.45, 2.75) is 39.7 Å². The van der Waals surface area contributed by atoms with Crippen LogP contribution in [0.4, 0.5) is 0 Å². The van der Waals surface area contributed by atoms with Crippen LogP contribution in [0.1, 0.15) is 34.1 Å². The molecule has 1 atom stereocenters. The van der Waals surface area contributed by atoms with Gasteiger partial charge in [0.1, 0.15) is 0 Å². The Kier molecular flexibility index (Phi) is 5.58. The van der Waals surface area contributed by atoms with E-state index >= 15 is 0 Å². The van der Waals surface area contributed by atoms with Gasteiger partial charge in [-0.25, -0.2) is 8.42 Å². The molecule has 0 saturated heterocycles. The van der Waals surface area contributed by atoms with E-state index in [1.54, 1.807) is 13.1 Å². The zero-order valence-electron chi connectivity index (χ0n) is 13.5. The van der Waals surface area contributed by atoms with Gasteiger partial charge in [0, 0.05) is 25.7 Å². The fourth-order valence-electron chi connectivity index (χ4n) is 1.99. The van der Waals surface area contributed by atoms with Crippen LogP contribution in [0.3, 0.4) is 0 Å². The van der Waals surface area contributed by atoms with Gasteiger partial charge in [-0.2, -0.15) is 4.31 Å². The van der Waals surface area contributed by atoms with Crippen molar-refractivity contribution < 1.29 is 8.42 Å². The van der Waals surface area contributed by atoms with Crippen LogP contribution in [0.5, 0.6) is 0 Å². The predicted octanol–water partition coefficient (Wildman–Crippen LogP) is 2.46. The van der Waals surface area contributed by atoms with Crippen molar-refractivity contribution in [2.24, 2.45) is 5.92 Å². The second-order valence-electron chi connectivity index (χ2n) is 6.55. The minimum absolute atomic E-state index is 0.0464. The molecule has 0 aromatic carbocycles. The monoisotopic (exact) mass is 300 g/mol. The van der Waals surface area contributed by atoms with E-state index in [0.717, 1.165) is 13.0 Å². The van der Waals surface area contributed by atoms with Crippen molar-refractivity contribution in [3.05, 3.63) is 23.1 Å². The highest BCUT2D eigenvalue weighted by atomic mass is 32.2. The van der Waals surface area contributed by atoms with Gasteiger partial charge in [-0.05, 0) is 46.2 Å². The van der Waals surface area contributed by atoms with Crippen LogP contribution >= 0.6 is 0 Å². The van der Waals surface area contributed by atoms with Crippen LogP contribution in [0.15, 0.2) is 23.1 Å². The second-order valence-corrected chi connectivity index (χ2v) is 8.60. The van der Waals surface area contributed by atoms with E-state index in [1.165, 1.54) is 4.31 Å². The van der Waals surface area contributed by atoms with Crippen molar-refractivity contribution >= 4 is 10.0 Å². The number of sulfonamides is 1. The molecule has 0 saturated carbocycles. The van der Waals surface area contributed by atoms with E-state index in [2.05, 4.69) is 25.7 Å². The highest BCUT2D eigenvalue weighted by Crippen LogP contribution is 2.26. The zero-order chi connectivity index (χ0) is 15.6. The number of nitrogens with zero attached hydrogens (tertiary/aromatic N) is 2. The first kappa shape index (κ1) is 17.4. The molecule has 1 rings (SSSR count). The molecule has 1 aliphatic carbocycles. The maximum Gasteiger partial charge on any atom is 0.239 e. The Morgan fingerprint density at radius 1 is 1.25 bits per heavy atom. The van der Waals surface area contributed by atoms with E-state index in [1.807, 2.05) is 26.1 Å². The van der Waals surface area contributed by atoms with E-state index < -0.39 is 10.0 Å². The Morgan fingerprint density at radius 3 is 2.35 bits per heavy atom. The van der Waals surface area contributed by atoms with E-state index in [4.69, 9.17) is 0 Å². The Labute approximate surface area is 124 Å². The lowest BCUT2D eigenvalue weighted by molar-refractivity contribution is 0.168. The number of allylic oxidation sites excluding steroid dienone is 4. The summed E-state index contributed by atoms with van der Waals surface area (Å²) in [7, 11) is 0.348. The molecule has 0 N–H and O–H groups in total. The minimum Gasteiger partial charge on any atom is -0.300 e. The largest absolute Gasteiger partial charge is 0.300 e. The molecule has 1 unspecified atom stereocenters. The molecule has 0 fully saturated rings. The highest BCUT2D eigenvalue weighted by Gasteiger charge is 2.28. The quantitative estimate of drug-likeness (QED) is 0.783. The van der Waals surface area contributed by atoms with Crippen LogP contribution < -0.4 is 0 Å². The third-order valence-corrected chi connectivity index (χ3v) is 6.11. The Bertz CT molecular complexity index is 486. The predicted molar refractivity (Wildman–Crippen MR) is 84.9 cm³/mol. The van der Waals surface area contributed by atoms with Gasteiger partial charge in [0.15, 0.2) is 0 Å². The van der Waals surface area contributed by atoms with E-state index in [-0.39, 0.29) is 11.5 Å². The number of likely N-dealkylation sites (N-methyl/N-ethyl adjacent to an activating group) is 2. The molecule has 0 radical (unpaired) electrons. The van der Waals surface area contributed by atoms with Crippen molar-refractivity contribution in [3.63, 3.8) is 0 Å². The highest BCUT2D eigenvalue weighted by molar-refractivity contribution is 7.93. The van der Waals surface area contributed by atoms with Crippen LogP contribution in [0.25, 0.3) is 0 Å². The van der Waals surface area contributed by atoms with Gasteiger partial charge in [0.25, 0.3) is 0 Å². The van der Waals surface area contributed by atoms with Gasteiger partial charge in [-0.3, -0.25) is 0 Å². The molecule has 0 aromatic heterocycles. The fraction of sp³-hybridized carbons (Fsp3) is 0.733. The summed E-state index contributed by atoms with van der Waals surface area (Å²) in [4.78, 5) is 2.69. The van der Waals surface area contributed by atoms with Crippen molar-refractivity contribution in [1.29, 1.82) is 0 Å². The molecular formula is C15H28N2O2S. The molecule has 0 aromatic rings. The zero-order valence-corrected chi connectivity index (χ0v) is 14.4. The lowest BCUT2D eigenvalue weighted by atomic mass is 10.0. The molecule has 0 aliphatic heterocycles. The maximum atomic E-state index is 12.6. The van der Waals surface area contributed by atoms with Gasteiger partial charge in [-0.1, -0.05) is 19.1 Å². The molecule has 0 bridgehead atoms. The summed E-state index contributed by atoms with van der Waals surface area (Å²) in [5.74, 6) is 0.0628. The van der Waals surface area contributed by atoms with Crippen LogP contribution in [0, 0.1) is 5.92 Å². The summed E-state index contributed by atoms with van der Waals surface area (Å²) in [6, 6.07) is 0. The molecule has 0 amide bonds. The minimum atomic E-state index is -3.34. The van der Waals surface area contributed by atoms with E-state index in [0.29, 0.717) is 11.4 Å². The van der Waals surface area contributed by atoms with Crippen molar-refractivity contribution in [3.8, 4) is 0 Å². The van der Waals surface area contributed by atoms with Gasteiger partial charge < -0.3 is 4.90 Å². The SMILES string of the molecule is CC1CC=CC=C1S(=O)(=O)N(C)CCN(C)C(C)(C)C. The summed E-state index contributed by atoms with van der Waals surface area (Å²) >= 11 is 0. The molecule has 5 heteroatoms. The molecule has 0 heterocycles. The first-order valence-corrected chi connectivity index (χ1v) is 8.55. The molecule has 0 spiro atoms. The lowest BCUT2D eigenvalue weighted by Gasteiger charge is -2.33. The summed E-state index contributed by atoms with van der Waals surface area (Å²) in [5.41, 5.74) is 0.0464. The topological polar surface area (TPSA) is 40.6 Å². The Balaban J connectivity index is 2.74. The van der Waals surface area contributed by atoms with Crippen LogP contribution in [-0.2, 0) is 10.0 Å². The summed E-state index contributed by atoms with van der Waals surface area (Å²) < 4.78 is 26.6. The normalized spacial score (nSPS) is 20.6. The Morgan fingerprint density at radius 2 is 1.85 bits per heavy atom. The van der Waals surface area contributed by atoms with Crippen LogP contribution in [-0.4, -0.2) is 50.3 Å². The smallest absolute Gasteiger partial charge is 0.239 e. The standard InChI is InChI=1S/C15H28N2O2S/c1-13-9-7-8-10-14(13)20(18,19)17(6)12-11-16(5)15(2,3)4/h7-8,10,13H,9,11-12H2,1-6H3. The first-order chi connectivity index (χ1) is 9.06. The van der Waals surface area contributed by atoms with Gasteiger partial charge >= 0.3 is 0 Å². The van der Waals surface area contributed by atoms with Gasteiger partial charge in [-0.15, -0.1) is 0 Å². The lowest BCUT2D eigenvalue weighted by Crippen LogP contribution is -2.43. The average molecular weight is 300 g/mol. The van der Waals surface area contributed by atoms with Crippen molar-refractivity contribution in [2.75, 3.05) is 27.2 Å². The molecule has 1 aliphatic rings. The second kappa shape index (κ2) is 6.41. The third-order valence-electron chi connectivity index (χ3n) is 3.98.